The molecule has 0 aromatic heterocycles. The Labute approximate surface area is 102 Å². The summed E-state index contributed by atoms with van der Waals surface area (Å²) in [6.45, 7) is 1.88. The number of benzene rings is 1. The molecule has 16 heavy (non-hydrogen) atoms. The number of rotatable bonds is 0. The van der Waals surface area contributed by atoms with Crippen LogP contribution in [0.2, 0.25) is 0 Å². The number of amides is 1. The van der Waals surface area contributed by atoms with Crippen LogP contribution in [0.3, 0.4) is 0 Å². The van der Waals surface area contributed by atoms with Crippen LogP contribution in [0.4, 0.5) is 11.4 Å². The average Bonchev–Trinajstić information content (AvgIpc) is 2.29. The van der Waals surface area contributed by atoms with E-state index in [2.05, 4.69) is 15.9 Å². The summed E-state index contributed by atoms with van der Waals surface area (Å²) < 4.78 is 6.49. The molecule has 1 aliphatic heterocycles. The lowest BCUT2D eigenvalue weighted by Gasteiger charge is -2.17. The van der Waals surface area contributed by atoms with E-state index in [1.807, 2.05) is 6.92 Å². The summed E-state index contributed by atoms with van der Waals surface area (Å²) in [7, 11) is 1.73. The number of carbonyl (C=O) groups excluding carboxylic acids is 1. The predicted octanol–water partition coefficient (Wildman–Crippen LogP) is 2.17. The Balaban J connectivity index is 2.59. The maximum Gasteiger partial charge on any atom is 0.230 e. The third-order valence-corrected chi connectivity index (χ3v) is 3.15. The van der Waals surface area contributed by atoms with E-state index in [0.29, 0.717) is 23.5 Å². The van der Waals surface area contributed by atoms with Gasteiger partial charge in [-0.1, -0.05) is 0 Å². The molecule has 1 aliphatic rings. The lowest BCUT2D eigenvalue weighted by molar-refractivity contribution is -0.119. The van der Waals surface area contributed by atoms with Crippen LogP contribution in [0.25, 0.3) is 0 Å². The molecule has 0 saturated carbocycles. The van der Waals surface area contributed by atoms with E-state index < -0.39 is 0 Å². The van der Waals surface area contributed by atoms with E-state index >= 15 is 0 Å². The number of nitrogens with zero attached hydrogens (tertiary/aromatic N) is 1. The molecule has 0 aliphatic carbocycles. The highest BCUT2D eigenvalue weighted by atomic mass is 79.9. The molecule has 4 nitrogen and oxygen atoms in total. The minimum atomic E-state index is -0.129. The zero-order valence-electron chi connectivity index (χ0n) is 9.16. The van der Waals surface area contributed by atoms with Crippen molar-refractivity contribution in [1.29, 1.82) is 0 Å². The zero-order valence-corrected chi connectivity index (χ0v) is 10.7. The second-order valence-corrected chi connectivity index (χ2v) is 4.79. The highest BCUT2D eigenvalue weighted by Crippen LogP contribution is 2.40. The fourth-order valence-corrected chi connectivity index (χ4v) is 2.29. The van der Waals surface area contributed by atoms with Gasteiger partial charge in [-0.3, -0.25) is 4.79 Å². The van der Waals surface area contributed by atoms with Crippen LogP contribution in [0.15, 0.2) is 16.6 Å². The molecule has 2 N–H and O–H groups in total. The fraction of sp³-hybridized carbons (Fsp3) is 0.364. The summed E-state index contributed by atoms with van der Waals surface area (Å²) in [6.07, 6.45) is 0.244. The predicted molar refractivity (Wildman–Crippen MR) is 66.7 cm³/mol. The number of fused-ring (bicyclic) bond motifs is 1. The van der Waals surface area contributed by atoms with E-state index in [0.717, 1.165) is 4.47 Å². The first-order chi connectivity index (χ1) is 7.49. The minimum Gasteiger partial charge on any atom is -0.487 e. The van der Waals surface area contributed by atoms with Gasteiger partial charge in [0.25, 0.3) is 0 Å². The number of hydrogen-bond donors (Lipinski definition) is 1. The van der Waals surface area contributed by atoms with Crippen LogP contribution in [0.5, 0.6) is 5.75 Å². The minimum absolute atomic E-state index is 0.0313. The lowest BCUT2D eigenvalue weighted by Crippen LogP contribution is -2.27. The molecule has 86 valence electrons. The zero-order chi connectivity index (χ0) is 11.9. The molecule has 0 radical (unpaired) electrons. The van der Waals surface area contributed by atoms with E-state index in [4.69, 9.17) is 10.5 Å². The number of ether oxygens (including phenoxy) is 1. The van der Waals surface area contributed by atoms with E-state index in [-0.39, 0.29) is 12.0 Å². The Kier molecular flexibility index (Phi) is 2.80. The second kappa shape index (κ2) is 3.97. The Morgan fingerprint density at radius 3 is 2.94 bits per heavy atom. The quantitative estimate of drug-likeness (QED) is 0.743. The van der Waals surface area contributed by atoms with Gasteiger partial charge >= 0.3 is 0 Å². The van der Waals surface area contributed by atoms with Crippen molar-refractivity contribution in [2.45, 2.75) is 19.4 Å². The third kappa shape index (κ3) is 1.87. The van der Waals surface area contributed by atoms with Crippen molar-refractivity contribution in [3.05, 3.63) is 16.6 Å². The van der Waals surface area contributed by atoms with Crippen molar-refractivity contribution < 1.29 is 9.53 Å². The molecule has 0 fully saturated rings. The number of hydrogen-bond acceptors (Lipinski definition) is 3. The molecular formula is C11H13BrN2O2. The molecule has 2 rings (SSSR count). The number of anilines is 2. The molecule has 1 atom stereocenters. The summed E-state index contributed by atoms with van der Waals surface area (Å²) >= 11 is 3.40. The maximum absolute atomic E-state index is 11.8. The molecule has 1 aromatic rings. The van der Waals surface area contributed by atoms with Crippen molar-refractivity contribution in [1.82, 2.24) is 0 Å². The summed E-state index contributed by atoms with van der Waals surface area (Å²) in [6, 6.07) is 3.52. The number of carbonyl (C=O) groups is 1. The maximum atomic E-state index is 11.8. The summed E-state index contributed by atoms with van der Waals surface area (Å²) in [4.78, 5) is 13.4. The summed E-state index contributed by atoms with van der Waals surface area (Å²) in [5.74, 6) is 0.707. The van der Waals surface area contributed by atoms with Gasteiger partial charge in [-0.25, -0.2) is 0 Å². The first-order valence-corrected chi connectivity index (χ1v) is 5.80. The summed E-state index contributed by atoms with van der Waals surface area (Å²) in [5, 5.41) is 0. The molecule has 1 unspecified atom stereocenters. The first kappa shape index (κ1) is 11.3. The molecule has 1 aromatic carbocycles. The Hall–Kier alpha value is -1.23. The smallest absolute Gasteiger partial charge is 0.230 e. The molecular weight excluding hydrogens is 272 g/mol. The first-order valence-electron chi connectivity index (χ1n) is 5.01. The highest BCUT2D eigenvalue weighted by molar-refractivity contribution is 9.10. The molecule has 1 heterocycles. The summed E-state index contributed by atoms with van der Waals surface area (Å²) in [5.41, 5.74) is 7.06. The van der Waals surface area contributed by atoms with Gasteiger partial charge in [0, 0.05) is 12.7 Å². The number of nitrogens with two attached hydrogens (primary N) is 1. The Bertz CT molecular complexity index is 448. The van der Waals surface area contributed by atoms with Crippen LogP contribution in [0.1, 0.15) is 13.3 Å². The van der Waals surface area contributed by atoms with E-state index in [1.165, 1.54) is 0 Å². The molecule has 0 bridgehead atoms. The molecule has 1 amide bonds. The standard InChI is InChI=1S/C11H13BrN2O2/c1-6-3-10(15)14(2)9-5-7(13)4-8(12)11(9)16-6/h4-6H,3,13H2,1-2H3. The van der Waals surface area contributed by atoms with Gasteiger partial charge in [0.05, 0.1) is 16.6 Å². The van der Waals surface area contributed by atoms with Crippen LogP contribution in [0, 0.1) is 0 Å². The number of nitrogen functional groups attached to an aromatic ring is 1. The monoisotopic (exact) mass is 284 g/mol. The highest BCUT2D eigenvalue weighted by Gasteiger charge is 2.26. The van der Waals surface area contributed by atoms with Gasteiger partial charge in [0.1, 0.15) is 6.10 Å². The van der Waals surface area contributed by atoms with Crippen molar-refractivity contribution >= 4 is 33.2 Å². The van der Waals surface area contributed by atoms with Crippen LogP contribution in [-0.4, -0.2) is 19.1 Å². The van der Waals surface area contributed by atoms with Gasteiger partial charge < -0.3 is 15.4 Å². The van der Waals surface area contributed by atoms with Crippen LogP contribution >= 0.6 is 15.9 Å². The molecule has 5 heteroatoms. The van der Waals surface area contributed by atoms with E-state index in [1.54, 1.807) is 24.1 Å². The Morgan fingerprint density at radius 2 is 2.25 bits per heavy atom. The van der Waals surface area contributed by atoms with Gasteiger partial charge in [-0.15, -0.1) is 0 Å². The van der Waals surface area contributed by atoms with Crippen molar-refractivity contribution in [3.63, 3.8) is 0 Å². The second-order valence-electron chi connectivity index (χ2n) is 3.94. The van der Waals surface area contributed by atoms with Crippen molar-refractivity contribution in [2.24, 2.45) is 0 Å². The van der Waals surface area contributed by atoms with Crippen LogP contribution < -0.4 is 15.4 Å². The molecule has 0 spiro atoms. The normalized spacial score (nSPS) is 20.1. The SMILES string of the molecule is CC1CC(=O)N(C)c2cc(N)cc(Br)c2O1. The van der Waals surface area contributed by atoms with Crippen LogP contribution in [-0.2, 0) is 4.79 Å². The van der Waals surface area contributed by atoms with Crippen molar-refractivity contribution in [3.8, 4) is 5.75 Å². The number of halogens is 1. The fourth-order valence-electron chi connectivity index (χ4n) is 1.73. The van der Waals surface area contributed by atoms with Gasteiger partial charge in [-0.2, -0.15) is 0 Å². The van der Waals surface area contributed by atoms with Gasteiger partial charge in [-0.05, 0) is 35.0 Å². The third-order valence-electron chi connectivity index (χ3n) is 2.56. The lowest BCUT2D eigenvalue weighted by atomic mass is 10.2. The van der Waals surface area contributed by atoms with E-state index in [9.17, 15) is 4.79 Å². The topological polar surface area (TPSA) is 55.6 Å². The van der Waals surface area contributed by atoms with Gasteiger partial charge in [0.15, 0.2) is 5.75 Å². The van der Waals surface area contributed by atoms with Gasteiger partial charge in [0.2, 0.25) is 5.91 Å². The molecule has 0 saturated heterocycles. The Morgan fingerprint density at radius 1 is 1.56 bits per heavy atom. The largest absolute Gasteiger partial charge is 0.487 e. The average molecular weight is 285 g/mol. The van der Waals surface area contributed by atoms with Crippen molar-refractivity contribution in [2.75, 3.05) is 17.7 Å².